The van der Waals surface area contributed by atoms with Crippen molar-refractivity contribution in [2.45, 2.75) is 27.2 Å². The van der Waals surface area contributed by atoms with Gasteiger partial charge in [0.25, 0.3) is 0 Å². The van der Waals surface area contributed by atoms with Crippen LogP contribution >= 0.6 is 0 Å². The predicted molar refractivity (Wildman–Crippen MR) is 57.0 cm³/mol. The lowest BCUT2D eigenvalue weighted by atomic mass is 9.99. The monoisotopic (exact) mass is 193 g/mol. The third kappa shape index (κ3) is 2.55. The third-order valence-electron chi connectivity index (χ3n) is 2.61. The highest BCUT2D eigenvalue weighted by atomic mass is 16.3. The van der Waals surface area contributed by atoms with Crippen molar-refractivity contribution in [3.05, 3.63) is 39.3 Å². The van der Waals surface area contributed by atoms with Crippen LogP contribution in [0.2, 0.25) is 0 Å². The topological polar surface area (TPSA) is 46.1 Å². The van der Waals surface area contributed by atoms with Crippen LogP contribution < -0.4 is 5.84 Å². The van der Waals surface area contributed by atoms with Gasteiger partial charge in [0.2, 0.25) is 6.54 Å². The van der Waals surface area contributed by atoms with Crippen LogP contribution in [0.1, 0.15) is 22.3 Å². The molecule has 2 N–H and O–H groups in total. The standard InChI is InChI=1S/C11H17N2O/c1-8-6-11(4-5-13(12)14)7-9(2)10(8)3/h6-7H,4-5H2,1-3H3,(H2,12,14)/q+1. The number of nitrogens with two attached hydrogens (primary N) is 1. The fourth-order valence-electron chi connectivity index (χ4n) is 1.51. The fourth-order valence-corrected chi connectivity index (χ4v) is 1.51. The molecule has 0 amide bonds. The van der Waals surface area contributed by atoms with Crippen molar-refractivity contribution in [1.29, 1.82) is 0 Å². The van der Waals surface area contributed by atoms with Gasteiger partial charge in [0.15, 0.2) is 0 Å². The Labute approximate surface area is 84.5 Å². The lowest BCUT2D eigenvalue weighted by Crippen LogP contribution is -2.18. The SMILES string of the molecule is Cc1cc(CC[N+](N)=O)cc(C)c1C. The maximum atomic E-state index is 10.5. The highest BCUT2D eigenvalue weighted by molar-refractivity contribution is 5.36. The van der Waals surface area contributed by atoms with Crippen molar-refractivity contribution in [3.63, 3.8) is 0 Å². The van der Waals surface area contributed by atoms with Crippen LogP contribution in [0.5, 0.6) is 0 Å². The van der Waals surface area contributed by atoms with Crippen molar-refractivity contribution in [1.82, 2.24) is 0 Å². The number of nitrogens with zero attached hydrogens (tertiary/aromatic N) is 1. The van der Waals surface area contributed by atoms with Crippen molar-refractivity contribution < 1.29 is 4.87 Å². The van der Waals surface area contributed by atoms with Gasteiger partial charge in [-0.25, -0.2) is 0 Å². The number of hydrazine groups is 1. The minimum absolute atomic E-state index is 0.349. The third-order valence-corrected chi connectivity index (χ3v) is 2.61. The van der Waals surface area contributed by atoms with Gasteiger partial charge in [-0.1, -0.05) is 12.1 Å². The molecule has 3 heteroatoms. The largest absolute Gasteiger partial charge is 0.228 e. The van der Waals surface area contributed by atoms with Gasteiger partial charge in [0, 0.05) is 6.42 Å². The van der Waals surface area contributed by atoms with E-state index in [1.165, 1.54) is 22.3 Å². The summed E-state index contributed by atoms with van der Waals surface area (Å²) < 4.78 is 0. The van der Waals surface area contributed by atoms with Gasteiger partial charge in [-0.15, -0.1) is 0 Å². The van der Waals surface area contributed by atoms with E-state index in [-0.39, 0.29) is 0 Å². The molecule has 1 aromatic carbocycles. The van der Waals surface area contributed by atoms with Crippen LogP contribution in [0, 0.1) is 25.7 Å². The fraction of sp³-hybridized carbons (Fsp3) is 0.455. The Morgan fingerprint density at radius 2 is 1.71 bits per heavy atom. The number of benzene rings is 1. The molecule has 0 aliphatic rings. The van der Waals surface area contributed by atoms with E-state index in [0.717, 1.165) is 0 Å². The molecule has 3 nitrogen and oxygen atoms in total. The van der Waals surface area contributed by atoms with Crippen molar-refractivity contribution >= 4 is 0 Å². The average Bonchev–Trinajstić information content (AvgIpc) is 2.10. The lowest BCUT2D eigenvalue weighted by Gasteiger charge is -2.06. The molecule has 0 heterocycles. The van der Waals surface area contributed by atoms with Gasteiger partial charge < -0.3 is 0 Å². The van der Waals surface area contributed by atoms with E-state index >= 15 is 0 Å². The van der Waals surface area contributed by atoms with E-state index in [1.54, 1.807) is 0 Å². The second-order valence-corrected chi connectivity index (χ2v) is 3.75. The molecule has 0 radical (unpaired) electrons. The van der Waals surface area contributed by atoms with Crippen LogP contribution in [-0.2, 0) is 6.42 Å². The van der Waals surface area contributed by atoms with Gasteiger partial charge in [-0.05, 0) is 43.0 Å². The molecule has 0 bridgehead atoms. The molecule has 0 saturated carbocycles. The second kappa shape index (κ2) is 4.22. The van der Waals surface area contributed by atoms with E-state index in [9.17, 15) is 4.91 Å². The maximum absolute atomic E-state index is 10.5. The van der Waals surface area contributed by atoms with Gasteiger partial charge in [-0.2, -0.15) is 5.84 Å². The number of aryl methyl sites for hydroxylation is 2. The number of hydrogen-bond acceptors (Lipinski definition) is 1. The van der Waals surface area contributed by atoms with E-state index in [1.807, 2.05) is 0 Å². The summed E-state index contributed by atoms with van der Waals surface area (Å²) in [5.41, 5.74) is 5.04. The summed E-state index contributed by atoms with van der Waals surface area (Å²) in [6, 6.07) is 4.23. The number of nitroso groups, excluding NO2 is 1. The smallest absolute Gasteiger partial charge is 0.165 e. The molecular formula is C11H17N2O+. The Balaban J connectivity index is 2.84. The molecule has 1 rings (SSSR count). The van der Waals surface area contributed by atoms with Gasteiger partial charge >= 0.3 is 0 Å². The van der Waals surface area contributed by atoms with Crippen LogP contribution in [0.15, 0.2) is 12.1 Å². The zero-order valence-corrected chi connectivity index (χ0v) is 9.00. The maximum Gasteiger partial charge on any atom is 0.228 e. The van der Waals surface area contributed by atoms with Crippen molar-refractivity contribution in [3.8, 4) is 0 Å². The summed E-state index contributed by atoms with van der Waals surface area (Å²) in [6.07, 6.45) is 0.710. The van der Waals surface area contributed by atoms with Crippen LogP contribution in [0.4, 0.5) is 0 Å². The van der Waals surface area contributed by atoms with Gasteiger partial charge in [0.1, 0.15) is 4.87 Å². The van der Waals surface area contributed by atoms with E-state index < -0.39 is 0 Å². The van der Waals surface area contributed by atoms with Crippen LogP contribution in [0.25, 0.3) is 0 Å². The minimum atomic E-state index is 0.349. The predicted octanol–water partition coefficient (Wildman–Crippen LogP) is 1.81. The normalized spacial score (nSPS) is 10.2. The first-order valence-electron chi connectivity index (χ1n) is 4.77. The molecular weight excluding hydrogens is 176 g/mol. The Morgan fingerprint density at radius 3 is 2.14 bits per heavy atom. The summed E-state index contributed by atoms with van der Waals surface area (Å²) in [5, 5.41) is 0. The van der Waals surface area contributed by atoms with E-state index in [2.05, 4.69) is 32.9 Å². The molecule has 76 valence electrons. The summed E-state index contributed by atoms with van der Waals surface area (Å²) >= 11 is 0. The Bertz CT molecular complexity index is 335. The van der Waals surface area contributed by atoms with Gasteiger partial charge in [0.05, 0.1) is 4.91 Å². The molecule has 1 aromatic rings. The summed E-state index contributed by atoms with van der Waals surface area (Å²) in [4.78, 5) is 11.0. The van der Waals surface area contributed by atoms with Crippen LogP contribution in [0.3, 0.4) is 0 Å². The molecule has 0 unspecified atom stereocenters. The molecule has 0 aliphatic carbocycles. The number of rotatable bonds is 3. The van der Waals surface area contributed by atoms with E-state index in [4.69, 9.17) is 5.84 Å². The zero-order chi connectivity index (χ0) is 10.7. The highest BCUT2D eigenvalue weighted by Crippen LogP contribution is 2.15. The Kier molecular flexibility index (Phi) is 3.23. The lowest BCUT2D eigenvalue weighted by molar-refractivity contribution is -0.559. The number of hydrogen-bond donors (Lipinski definition) is 1. The Hall–Kier alpha value is -1.38. The quantitative estimate of drug-likeness (QED) is 0.452. The average molecular weight is 193 g/mol. The summed E-state index contributed by atoms with van der Waals surface area (Å²) in [7, 11) is 0. The molecule has 0 aliphatic heterocycles. The molecule has 0 fully saturated rings. The first-order chi connectivity index (χ1) is 6.50. The summed E-state index contributed by atoms with van der Waals surface area (Å²) in [6.45, 7) is 6.63. The zero-order valence-electron chi connectivity index (χ0n) is 9.00. The first kappa shape index (κ1) is 10.7. The Morgan fingerprint density at radius 1 is 1.21 bits per heavy atom. The molecule has 14 heavy (non-hydrogen) atoms. The minimum Gasteiger partial charge on any atom is -0.165 e. The van der Waals surface area contributed by atoms with Crippen molar-refractivity contribution in [2.24, 2.45) is 5.84 Å². The molecule has 0 aromatic heterocycles. The molecule has 0 spiro atoms. The van der Waals surface area contributed by atoms with Crippen LogP contribution in [-0.4, -0.2) is 11.4 Å². The van der Waals surface area contributed by atoms with E-state index in [0.29, 0.717) is 17.8 Å². The highest BCUT2D eigenvalue weighted by Gasteiger charge is 2.05. The van der Waals surface area contributed by atoms with Gasteiger partial charge in [-0.3, -0.25) is 0 Å². The molecule has 0 saturated heterocycles. The summed E-state index contributed by atoms with van der Waals surface area (Å²) in [5.74, 6) is 5.02. The second-order valence-electron chi connectivity index (χ2n) is 3.75. The van der Waals surface area contributed by atoms with Crippen molar-refractivity contribution in [2.75, 3.05) is 6.54 Å². The molecule has 0 atom stereocenters. The first-order valence-corrected chi connectivity index (χ1v) is 4.77.